The molecular formula is C15H15FO2S. The number of ether oxygens (including phenoxy) is 1. The summed E-state index contributed by atoms with van der Waals surface area (Å²) in [4.78, 5) is 13.2. The van der Waals surface area contributed by atoms with Gasteiger partial charge < -0.3 is 4.74 Å². The van der Waals surface area contributed by atoms with Crippen molar-refractivity contribution in [2.24, 2.45) is 0 Å². The van der Waals surface area contributed by atoms with Crippen LogP contribution < -0.4 is 4.74 Å². The molecule has 0 aliphatic heterocycles. The monoisotopic (exact) mass is 278 g/mol. The molecule has 0 atom stereocenters. The maximum atomic E-state index is 13.9. The van der Waals surface area contributed by atoms with Crippen LogP contribution in [0.3, 0.4) is 0 Å². The number of hydrogen-bond acceptors (Lipinski definition) is 3. The van der Waals surface area contributed by atoms with Crippen LogP contribution in [0.2, 0.25) is 0 Å². The molecule has 0 radical (unpaired) electrons. The molecule has 2 nitrogen and oxygen atoms in total. The lowest BCUT2D eigenvalue weighted by molar-refractivity contribution is 0.0975. The molecule has 0 fully saturated rings. The van der Waals surface area contributed by atoms with E-state index in [9.17, 15) is 9.18 Å². The quantitative estimate of drug-likeness (QED) is 0.744. The standard InChI is InChI=1S/C15H15FO2S/c1-18-14-9-3-7-12(15(14)16)13(17)8-2-5-11-6-4-10-19-11/h3-4,6-7,9-10H,2,5,8H2,1H3. The topological polar surface area (TPSA) is 26.3 Å². The van der Waals surface area contributed by atoms with Crippen LogP contribution in [-0.4, -0.2) is 12.9 Å². The van der Waals surface area contributed by atoms with Crippen molar-refractivity contribution in [2.45, 2.75) is 19.3 Å². The fourth-order valence-electron chi connectivity index (χ4n) is 1.90. The zero-order valence-electron chi connectivity index (χ0n) is 10.7. The van der Waals surface area contributed by atoms with E-state index in [0.29, 0.717) is 6.42 Å². The lowest BCUT2D eigenvalue weighted by Crippen LogP contribution is -2.04. The van der Waals surface area contributed by atoms with E-state index in [-0.39, 0.29) is 17.1 Å². The molecule has 2 rings (SSSR count). The minimum absolute atomic E-state index is 0.115. The van der Waals surface area contributed by atoms with Crippen molar-refractivity contribution in [2.75, 3.05) is 7.11 Å². The van der Waals surface area contributed by atoms with E-state index in [2.05, 4.69) is 0 Å². The summed E-state index contributed by atoms with van der Waals surface area (Å²) in [6.45, 7) is 0. The number of aryl methyl sites for hydroxylation is 1. The van der Waals surface area contributed by atoms with Crippen molar-refractivity contribution < 1.29 is 13.9 Å². The molecule has 0 aliphatic rings. The Hall–Kier alpha value is -1.68. The van der Waals surface area contributed by atoms with Crippen LogP contribution in [0, 0.1) is 5.82 Å². The van der Waals surface area contributed by atoms with Crippen molar-refractivity contribution in [3.8, 4) is 5.75 Å². The Balaban J connectivity index is 1.96. The normalized spacial score (nSPS) is 10.4. The van der Waals surface area contributed by atoms with Gasteiger partial charge in [-0.15, -0.1) is 11.3 Å². The van der Waals surface area contributed by atoms with Gasteiger partial charge in [-0.05, 0) is 36.4 Å². The summed E-state index contributed by atoms with van der Waals surface area (Å²) in [5.41, 5.74) is 0.116. The van der Waals surface area contributed by atoms with Crippen LogP contribution in [-0.2, 0) is 6.42 Å². The Labute approximate surface area is 115 Å². The molecule has 0 spiro atoms. The minimum Gasteiger partial charge on any atom is -0.494 e. The van der Waals surface area contributed by atoms with Gasteiger partial charge in [-0.2, -0.15) is 0 Å². The van der Waals surface area contributed by atoms with Gasteiger partial charge in [0.15, 0.2) is 17.3 Å². The highest BCUT2D eigenvalue weighted by molar-refractivity contribution is 7.09. The zero-order chi connectivity index (χ0) is 13.7. The van der Waals surface area contributed by atoms with Gasteiger partial charge in [0.2, 0.25) is 0 Å². The Morgan fingerprint density at radius 3 is 2.84 bits per heavy atom. The van der Waals surface area contributed by atoms with Gasteiger partial charge >= 0.3 is 0 Å². The first-order chi connectivity index (χ1) is 9.22. The Morgan fingerprint density at radius 1 is 1.32 bits per heavy atom. The highest BCUT2D eigenvalue weighted by Gasteiger charge is 2.15. The fraction of sp³-hybridized carbons (Fsp3) is 0.267. The van der Waals surface area contributed by atoms with Gasteiger partial charge in [0.1, 0.15) is 0 Å². The molecule has 1 aromatic heterocycles. The number of methoxy groups -OCH3 is 1. The zero-order valence-corrected chi connectivity index (χ0v) is 11.5. The Bertz CT molecular complexity index is 549. The van der Waals surface area contributed by atoms with Gasteiger partial charge in [-0.25, -0.2) is 4.39 Å². The maximum absolute atomic E-state index is 13.9. The molecule has 0 saturated carbocycles. The molecule has 100 valence electrons. The van der Waals surface area contributed by atoms with Crippen LogP contribution in [0.5, 0.6) is 5.75 Å². The predicted molar refractivity (Wildman–Crippen MR) is 74.5 cm³/mol. The van der Waals surface area contributed by atoms with Crippen LogP contribution >= 0.6 is 11.3 Å². The second kappa shape index (κ2) is 6.48. The average Bonchev–Trinajstić information content (AvgIpc) is 2.92. The maximum Gasteiger partial charge on any atom is 0.175 e. The first-order valence-electron chi connectivity index (χ1n) is 6.10. The van der Waals surface area contributed by atoms with E-state index in [1.165, 1.54) is 24.1 Å². The van der Waals surface area contributed by atoms with E-state index in [1.54, 1.807) is 17.4 Å². The lowest BCUT2D eigenvalue weighted by Gasteiger charge is -2.06. The molecule has 1 aromatic carbocycles. The highest BCUT2D eigenvalue weighted by Crippen LogP contribution is 2.22. The summed E-state index contributed by atoms with van der Waals surface area (Å²) >= 11 is 1.67. The number of hydrogen-bond donors (Lipinski definition) is 0. The number of benzene rings is 1. The molecule has 1 heterocycles. The first kappa shape index (κ1) is 13.7. The molecule has 19 heavy (non-hydrogen) atoms. The average molecular weight is 278 g/mol. The summed E-state index contributed by atoms with van der Waals surface area (Å²) < 4.78 is 18.8. The van der Waals surface area contributed by atoms with Gasteiger partial charge in [-0.1, -0.05) is 12.1 Å². The number of Topliss-reactive ketones (excluding diaryl/α,β-unsaturated/α-hetero) is 1. The summed E-state index contributed by atoms with van der Waals surface area (Å²) in [6, 6.07) is 8.68. The number of carbonyl (C=O) groups excluding carboxylic acids is 1. The lowest BCUT2D eigenvalue weighted by atomic mass is 10.0. The van der Waals surface area contributed by atoms with Gasteiger partial charge in [0.05, 0.1) is 12.7 Å². The van der Waals surface area contributed by atoms with Gasteiger partial charge in [0.25, 0.3) is 0 Å². The summed E-state index contributed by atoms with van der Waals surface area (Å²) in [7, 11) is 1.39. The number of thiophene rings is 1. The van der Waals surface area contributed by atoms with Gasteiger partial charge in [0, 0.05) is 11.3 Å². The summed E-state index contributed by atoms with van der Waals surface area (Å²) in [5, 5.41) is 2.01. The molecule has 0 amide bonds. The molecular weight excluding hydrogens is 263 g/mol. The van der Waals surface area contributed by atoms with E-state index >= 15 is 0 Å². The number of rotatable bonds is 6. The highest BCUT2D eigenvalue weighted by atomic mass is 32.1. The van der Waals surface area contributed by atoms with Crippen molar-refractivity contribution >= 4 is 17.1 Å². The number of ketones is 1. The Kier molecular flexibility index (Phi) is 4.68. The van der Waals surface area contributed by atoms with Crippen molar-refractivity contribution in [1.82, 2.24) is 0 Å². The molecule has 0 unspecified atom stereocenters. The third-order valence-electron chi connectivity index (χ3n) is 2.89. The van der Waals surface area contributed by atoms with E-state index in [1.807, 2.05) is 17.5 Å². The summed E-state index contributed by atoms with van der Waals surface area (Å²) in [6.07, 6.45) is 1.94. The van der Waals surface area contributed by atoms with Crippen LogP contribution in [0.4, 0.5) is 4.39 Å². The van der Waals surface area contributed by atoms with Crippen LogP contribution in [0.25, 0.3) is 0 Å². The molecule has 4 heteroatoms. The van der Waals surface area contributed by atoms with Crippen molar-refractivity contribution in [1.29, 1.82) is 0 Å². The summed E-state index contributed by atoms with van der Waals surface area (Å²) in [5.74, 6) is -0.622. The largest absolute Gasteiger partial charge is 0.494 e. The SMILES string of the molecule is COc1cccc(C(=O)CCCc2cccs2)c1F. The number of carbonyl (C=O) groups is 1. The molecule has 0 saturated heterocycles. The first-order valence-corrected chi connectivity index (χ1v) is 6.98. The molecule has 0 aliphatic carbocycles. The fourth-order valence-corrected chi connectivity index (χ4v) is 2.65. The molecule has 2 aromatic rings. The van der Waals surface area contributed by atoms with Crippen LogP contribution in [0.15, 0.2) is 35.7 Å². The van der Waals surface area contributed by atoms with Crippen molar-refractivity contribution in [3.63, 3.8) is 0 Å². The van der Waals surface area contributed by atoms with E-state index in [0.717, 1.165) is 12.8 Å². The second-order valence-corrected chi connectivity index (χ2v) is 5.21. The Morgan fingerprint density at radius 2 is 2.16 bits per heavy atom. The van der Waals surface area contributed by atoms with Gasteiger partial charge in [-0.3, -0.25) is 4.79 Å². The predicted octanol–water partition coefficient (Wildman–Crippen LogP) is 4.10. The third kappa shape index (κ3) is 3.41. The second-order valence-electron chi connectivity index (χ2n) is 4.18. The van der Waals surface area contributed by atoms with Crippen molar-refractivity contribution in [3.05, 3.63) is 52.0 Å². The molecule has 0 N–H and O–H groups in total. The van der Waals surface area contributed by atoms with E-state index < -0.39 is 5.82 Å². The molecule has 0 bridgehead atoms. The third-order valence-corrected chi connectivity index (χ3v) is 3.83. The number of halogens is 1. The smallest absolute Gasteiger partial charge is 0.175 e. The van der Waals surface area contributed by atoms with E-state index in [4.69, 9.17) is 4.74 Å². The van der Waals surface area contributed by atoms with Crippen LogP contribution in [0.1, 0.15) is 28.1 Å². The minimum atomic E-state index is -0.564.